The Hall–Kier alpha value is -0.720. The van der Waals surface area contributed by atoms with Gasteiger partial charge in [-0.2, -0.15) is 0 Å². The summed E-state index contributed by atoms with van der Waals surface area (Å²) >= 11 is 0. The van der Waals surface area contributed by atoms with Crippen molar-refractivity contribution in [1.29, 1.82) is 0 Å². The van der Waals surface area contributed by atoms with Crippen molar-refractivity contribution < 1.29 is 19.2 Å². The lowest BCUT2D eigenvalue weighted by atomic mass is 9.43. The van der Waals surface area contributed by atoms with E-state index in [1.165, 1.54) is 12.8 Å². The first-order valence-electron chi connectivity index (χ1n) is 16.9. The first-order chi connectivity index (χ1) is 21.2. The second-order valence-electron chi connectivity index (χ2n) is 15.4. The number of hydrogen-bond acceptors (Lipinski definition) is 8. The van der Waals surface area contributed by atoms with E-state index in [4.69, 9.17) is 0 Å². The second-order valence-corrected chi connectivity index (χ2v) is 20.8. The zero-order valence-corrected chi connectivity index (χ0v) is 29.0. The minimum Gasteiger partial charge on any atom is -0.355 e. The van der Waals surface area contributed by atoms with E-state index in [9.17, 15) is 19.2 Å². The van der Waals surface area contributed by atoms with Gasteiger partial charge in [-0.15, -0.1) is 0 Å². The SMILES string of the molecule is O=C1NCCSSCCNC(=O)C23CC4CC(C2)CC(C4)(C3)C(=O)NCCSSCCNC(=O)C23CC4CC(CC1(C4)C2)C3. The van der Waals surface area contributed by atoms with Crippen LogP contribution in [-0.4, -0.2) is 72.8 Å². The topological polar surface area (TPSA) is 116 Å². The van der Waals surface area contributed by atoms with Crippen molar-refractivity contribution in [3.05, 3.63) is 0 Å². The minimum atomic E-state index is -0.390. The summed E-state index contributed by atoms with van der Waals surface area (Å²) in [5.41, 5.74) is -1.56. The molecule has 8 nitrogen and oxygen atoms in total. The summed E-state index contributed by atoms with van der Waals surface area (Å²) in [6.45, 7) is 2.52. The molecule has 0 aromatic heterocycles. The fraction of sp³-hybridized carbons (Fsp3) is 0.875. The van der Waals surface area contributed by atoms with Crippen molar-refractivity contribution in [2.45, 2.75) is 77.0 Å². The van der Waals surface area contributed by atoms with E-state index in [-0.39, 0.29) is 45.3 Å². The van der Waals surface area contributed by atoms with Crippen LogP contribution in [-0.2, 0) is 19.2 Å². The Bertz CT molecular complexity index is 973. The van der Waals surface area contributed by atoms with Crippen molar-refractivity contribution in [1.82, 2.24) is 21.3 Å². The summed E-state index contributed by atoms with van der Waals surface area (Å²) in [6, 6.07) is 0. The van der Waals surface area contributed by atoms with Crippen LogP contribution in [0.5, 0.6) is 0 Å². The molecule has 0 aromatic carbocycles. The summed E-state index contributed by atoms with van der Waals surface area (Å²) < 4.78 is 0. The molecule has 8 aliphatic carbocycles. The fourth-order valence-electron chi connectivity index (χ4n) is 11.4. The quantitative estimate of drug-likeness (QED) is 0.279. The zero-order chi connectivity index (χ0) is 30.4. The lowest BCUT2D eigenvalue weighted by molar-refractivity contribution is -0.168. The fourth-order valence-corrected chi connectivity index (χ4v) is 15.0. The van der Waals surface area contributed by atoms with Gasteiger partial charge in [-0.3, -0.25) is 19.2 Å². The van der Waals surface area contributed by atoms with E-state index in [0.29, 0.717) is 62.7 Å². The highest BCUT2D eigenvalue weighted by Crippen LogP contribution is 2.66. The molecule has 9 aliphatic rings. The van der Waals surface area contributed by atoms with Crippen LogP contribution >= 0.6 is 43.2 Å². The number of amides is 4. The lowest BCUT2D eigenvalue weighted by Crippen LogP contribution is -2.61. The Balaban J connectivity index is 0.985. The summed E-state index contributed by atoms with van der Waals surface area (Å²) in [4.78, 5) is 54.4. The maximum Gasteiger partial charge on any atom is 0.226 e. The summed E-state index contributed by atoms with van der Waals surface area (Å²) in [5.74, 6) is 5.83. The zero-order valence-electron chi connectivity index (χ0n) is 25.7. The molecule has 8 bridgehead atoms. The van der Waals surface area contributed by atoms with Gasteiger partial charge in [0.25, 0.3) is 0 Å². The van der Waals surface area contributed by atoms with Crippen LogP contribution in [0.1, 0.15) is 77.0 Å². The van der Waals surface area contributed by atoms with Crippen molar-refractivity contribution >= 4 is 66.8 Å². The van der Waals surface area contributed by atoms with Gasteiger partial charge in [-0.25, -0.2) is 0 Å². The van der Waals surface area contributed by atoms with Gasteiger partial charge in [0.05, 0.1) is 21.7 Å². The van der Waals surface area contributed by atoms with Gasteiger partial charge in [0, 0.05) is 49.2 Å². The van der Waals surface area contributed by atoms with E-state index in [1.807, 2.05) is 0 Å². The highest BCUT2D eigenvalue weighted by atomic mass is 33.1. The average Bonchev–Trinajstić information content (AvgIpc) is 2.97. The molecule has 0 radical (unpaired) electrons. The molecule has 4 N–H and O–H groups in total. The smallest absolute Gasteiger partial charge is 0.226 e. The molecule has 1 heterocycles. The van der Waals surface area contributed by atoms with Crippen LogP contribution in [0.2, 0.25) is 0 Å². The lowest BCUT2D eigenvalue weighted by Gasteiger charge is -2.60. The molecule has 0 atom stereocenters. The second kappa shape index (κ2) is 12.7. The molecule has 44 heavy (non-hydrogen) atoms. The van der Waals surface area contributed by atoms with Crippen LogP contribution in [0.25, 0.3) is 0 Å². The third-order valence-electron chi connectivity index (χ3n) is 12.1. The summed E-state index contributed by atoms with van der Waals surface area (Å²) in [6.07, 6.45) is 11.2. The van der Waals surface area contributed by atoms with Gasteiger partial charge < -0.3 is 21.3 Å². The maximum absolute atomic E-state index is 13.6. The number of nitrogens with one attached hydrogen (secondary N) is 4. The summed E-state index contributed by atoms with van der Waals surface area (Å²) in [7, 11) is 6.97. The molecule has 9 rings (SSSR count). The molecule has 1 aliphatic heterocycles. The molecule has 12 heteroatoms. The van der Waals surface area contributed by atoms with Crippen LogP contribution < -0.4 is 21.3 Å². The standard InChI is InChI=1S/C32H48N4O4S4/c37-25-29-11-21-9-22(12-29)14-30(13-21,19-29)26(38)35-3-7-43-44-8-4-36-28(40)32-17-23-10-24(18-32)16-31(15-23,20-32)27(39)34-2-6-42-41-5-1-33-25/h21-24H,1-20H2,(H,33,37)(H,34,39)(H,35,38)(H,36,40). The Kier molecular flexibility index (Phi) is 9.20. The largest absolute Gasteiger partial charge is 0.355 e. The van der Waals surface area contributed by atoms with Gasteiger partial charge in [0.1, 0.15) is 0 Å². The first-order valence-corrected chi connectivity index (χ1v) is 21.8. The van der Waals surface area contributed by atoms with Crippen LogP contribution in [0, 0.1) is 45.3 Å². The molecule has 4 amide bonds. The van der Waals surface area contributed by atoms with E-state index in [2.05, 4.69) is 21.3 Å². The van der Waals surface area contributed by atoms with Crippen molar-refractivity contribution in [2.75, 3.05) is 49.2 Å². The molecular weight excluding hydrogens is 633 g/mol. The molecule has 0 aromatic rings. The first kappa shape index (κ1) is 31.9. The van der Waals surface area contributed by atoms with Crippen LogP contribution in [0.15, 0.2) is 0 Å². The molecule has 0 unspecified atom stereocenters. The van der Waals surface area contributed by atoms with Gasteiger partial charge in [-0.05, 0) is 101 Å². The number of hydrogen-bond donors (Lipinski definition) is 4. The predicted molar refractivity (Wildman–Crippen MR) is 181 cm³/mol. The average molecular weight is 681 g/mol. The molecule has 1 saturated heterocycles. The molecule has 244 valence electrons. The number of carbonyl (C=O) groups is 4. The maximum atomic E-state index is 13.6. The predicted octanol–water partition coefficient (Wildman–Crippen LogP) is 4.40. The summed E-state index contributed by atoms with van der Waals surface area (Å²) in [5, 5.41) is 13.0. The van der Waals surface area contributed by atoms with E-state index in [1.54, 1.807) is 43.2 Å². The van der Waals surface area contributed by atoms with E-state index < -0.39 is 0 Å². The Labute approximate surface area is 277 Å². The Morgan fingerprint density at radius 2 is 0.636 bits per heavy atom. The van der Waals surface area contributed by atoms with E-state index in [0.717, 1.165) is 74.4 Å². The minimum absolute atomic E-state index is 0.162. The third-order valence-corrected chi connectivity index (χ3v) is 16.9. The number of rotatable bonds is 0. The molecule has 4 spiro atoms. The van der Waals surface area contributed by atoms with Gasteiger partial charge >= 0.3 is 0 Å². The van der Waals surface area contributed by atoms with E-state index >= 15 is 0 Å². The third kappa shape index (κ3) is 6.04. The Morgan fingerprint density at radius 1 is 0.409 bits per heavy atom. The highest BCUT2D eigenvalue weighted by molar-refractivity contribution is 8.77. The molecular formula is C32H48N4O4S4. The van der Waals surface area contributed by atoms with Gasteiger partial charge in [0.2, 0.25) is 23.6 Å². The van der Waals surface area contributed by atoms with Gasteiger partial charge in [0.15, 0.2) is 0 Å². The number of carbonyl (C=O) groups excluding carboxylic acids is 4. The van der Waals surface area contributed by atoms with Crippen LogP contribution in [0.4, 0.5) is 0 Å². The monoisotopic (exact) mass is 680 g/mol. The molecule has 8 saturated carbocycles. The van der Waals surface area contributed by atoms with Crippen molar-refractivity contribution in [3.8, 4) is 0 Å². The van der Waals surface area contributed by atoms with Gasteiger partial charge in [-0.1, -0.05) is 43.2 Å². The molecule has 9 fully saturated rings. The van der Waals surface area contributed by atoms with Crippen LogP contribution in [0.3, 0.4) is 0 Å². The van der Waals surface area contributed by atoms with Crippen molar-refractivity contribution in [3.63, 3.8) is 0 Å². The normalized spacial score (nSPS) is 45.3. The highest BCUT2D eigenvalue weighted by Gasteiger charge is 2.64. The van der Waals surface area contributed by atoms with Crippen molar-refractivity contribution in [2.24, 2.45) is 45.3 Å². The Morgan fingerprint density at radius 3 is 0.864 bits per heavy atom.